The van der Waals surface area contributed by atoms with E-state index in [4.69, 9.17) is 48.4 Å². The van der Waals surface area contributed by atoms with Gasteiger partial charge in [-0.2, -0.15) is 0 Å². The summed E-state index contributed by atoms with van der Waals surface area (Å²) in [6.45, 7) is 0.508. The lowest BCUT2D eigenvalue weighted by Gasteiger charge is -2.28. The molecule has 1 aliphatic heterocycles. The highest BCUT2D eigenvalue weighted by Gasteiger charge is 2.56. The number of hydrogen-bond acceptors (Lipinski definition) is 10. The summed E-state index contributed by atoms with van der Waals surface area (Å²) in [6.07, 6.45) is 1.31. The van der Waals surface area contributed by atoms with Crippen LogP contribution in [0.4, 0.5) is 4.39 Å². The zero-order valence-corrected chi connectivity index (χ0v) is 23.3. The van der Waals surface area contributed by atoms with Crippen LogP contribution in [-0.4, -0.2) is 62.3 Å². The van der Waals surface area contributed by atoms with Crippen molar-refractivity contribution in [3.63, 3.8) is 0 Å². The average molecular weight is 606 g/mol. The minimum atomic E-state index is -3.71. The van der Waals surface area contributed by atoms with Gasteiger partial charge < -0.3 is 28.7 Å². The van der Waals surface area contributed by atoms with Crippen molar-refractivity contribution >= 4 is 36.0 Å². The van der Waals surface area contributed by atoms with Gasteiger partial charge in [-0.05, 0) is 44.7 Å². The number of benzene rings is 1. The fourth-order valence-electron chi connectivity index (χ4n) is 3.51. The van der Waals surface area contributed by atoms with Crippen LogP contribution in [0.5, 0.6) is 5.75 Å². The van der Waals surface area contributed by atoms with Crippen LogP contribution >= 0.6 is 18.2 Å². The predicted molar refractivity (Wildman–Crippen MR) is 141 cm³/mol. The van der Waals surface area contributed by atoms with Gasteiger partial charge in [0.1, 0.15) is 29.8 Å². The second kappa shape index (κ2) is 12.3. The van der Waals surface area contributed by atoms with Gasteiger partial charge in [-0.3, -0.25) is 19.1 Å². The molecule has 39 heavy (non-hydrogen) atoms. The monoisotopic (exact) mass is 605 g/mol. The third-order valence-corrected chi connectivity index (χ3v) is 8.19. The van der Waals surface area contributed by atoms with Crippen LogP contribution in [0, 0.1) is 18.2 Å². The number of aromatic nitrogens is 2. The van der Waals surface area contributed by atoms with Crippen LogP contribution in [0.1, 0.15) is 27.0 Å². The third kappa shape index (κ3) is 7.13. The summed E-state index contributed by atoms with van der Waals surface area (Å²) in [5.74, 6) is 0.654. The quantitative estimate of drug-likeness (QED) is 0.175. The van der Waals surface area contributed by atoms with Gasteiger partial charge in [0.2, 0.25) is 0 Å². The number of nitrogens with one attached hydrogen (secondary N) is 2. The summed E-state index contributed by atoms with van der Waals surface area (Å²) in [5, 5.41) is 24.3. The maximum absolute atomic E-state index is 13.7. The van der Waals surface area contributed by atoms with Crippen LogP contribution in [-0.2, 0) is 30.6 Å². The standard InChI is InChI=1S/C23H26ClFN3O9PS/c1-5-23(33)19(30)17(36-21(23)28-9-8-18(29)26-22(28)32)11-34-38(39,27-13(4)20(31)35-12(2)3)37-14-6-7-16(25)15(24)10-14/h1,6-10,12-13,17,19,21,30,33H,11H2,2-4H3,(H,27,39)(H,26,29,32)/t13?,17-,19-,21-,23-,38?/m1/s1. The molecule has 1 fully saturated rings. The molecule has 1 saturated heterocycles. The highest BCUT2D eigenvalue weighted by Crippen LogP contribution is 2.47. The second-order valence-electron chi connectivity index (χ2n) is 8.76. The van der Waals surface area contributed by atoms with E-state index >= 15 is 0 Å². The van der Waals surface area contributed by atoms with Gasteiger partial charge in [0.15, 0.2) is 11.8 Å². The lowest BCUT2D eigenvalue weighted by Crippen LogP contribution is -2.48. The number of nitrogens with zero attached hydrogens (tertiary/aromatic N) is 1. The SMILES string of the molecule is C#C[C@@]1(O)[C@H](O)[C@@H](COP(=S)(NC(C)C(=O)OC(C)C)Oc2ccc(F)c(Cl)c2)O[C@H]1n1ccc(=O)[nH]c1=O. The van der Waals surface area contributed by atoms with E-state index in [0.717, 1.165) is 29.0 Å². The van der Waals surface area contributed by atoms with Crippen LogP contribution in [0.2, 0.25) is 5.02 Å². The third-order valence-electron chi connectivity index (χ3n) is 5.40. The lowest BCUT2D eigenvalue weighted by molar-refractivity contribution is -0.149. The zero-order chi connectivity index (χ0) is 29.1. The van der Waals surface area contributed by atoms with Crippen LogP contribution in [0.25, 0.3) is 0 Å². The van der Waals surface area contributed by atoms with Crippen molar-refractivity contribution in [1.29, 1.82) is 0 Å². The van der Waals surface area contributed by atoms with Crippen LogP contribution in [0.3, 0.4) is 0 Å². The van der Waals surface area contributed by atoms with Crippen molar-refractivity contribution in [3.05, 3.63) is 62.1 Å². The van der Waals surface area contributed by atoms with E-state index < -0.39 is 72.5 Å². The number of carbonyl (C=O) groups excluding carboxylic acids is 1. The number of H-pyrrole nitrogens is 1. The Morgan fingerprint density at radius 3 is 2.69 bits per heavy atom. The topological polar surface area (TPSA) is 161 Å². The molecule has 1 aliphatic rings. The molecule has 3 rings (SSSR count). The first kappa shape index (κ1) is 30.9. The molecule has 2 unspecified atom stereocenters. The Morgan fingerprint density at radius 1 is 1.41 bits per heavy atom. The number of hydrogen-bond donors (Lipinski definition) is 4. The van der Waals surface area contributed by atoms with Gasteiger partial charge in [-0.15, -0.1) is 6.42 Å². The summed E-state index contributed by atoms with van der Waals surface area (Å²) in [5.41, 5.74) is -4.06. The molecule has 12 nitrogen and oxygen atoms in total. The smallest absolute Gasteiger partial charge is 0.330 e. The van der Waals surface area contributed by atoms with E-state index in [1.54, 1.807) is 13.8 Å². The minimum absolute atomic E-state index is 0.00680. The molecule has 0 spiro atoms. The molecule has 0 saturated carbocycles. The number of terminal acetylenes is 1. The summed E-state index contributed by atoms with van der Waals surface area (Å²) in [6, 6.07) is 3.40. The molecule has 16 heteroatoms. The maximum atomic E-state index is 13.7. The fraction of sp³-hybridized carbons (Fsp3) is 0.435. The van der Waals surface area contributed by atoms with E-state index in [1.165, 1.54) is 13.0 Å². The molecule has 4 N–H and O–H groups in total. The van der Waals surface area contributed by atoms with Crippen molar-refractivity contribution in [2.45, 2.75) is 57.0 Å². The predicted octanol–water partition coefficient (Wildman–Crippen LogP) is 1.20. The van der Waals surface area contributed by atoms with Crippen molar-refractivity contribution in [2.75, 3.05) is 6.61 Å². The van der Waals surface area contributed by atoms with E-state index in [-0.39, 0.29) is 10.8 Å². The largest absolute Gasteiger partial charge is 0.462 e. The molecule has 0 bridgehead atoms. The highest BCUT2D eigenvalue weighted by atomic mass is 35.5. The number of halogens is 2. The van der Waals surface area contributed by atoms with E-state index in [0.29, 0.717) is 0 Å². The minimum Gasteiger partial charge on any atom is -0.462 e. The highest BCUT2D eigenvalue weighted by molar-refractivity contribution is 8.09. The molecule has 1 aromatic heterocycles. The molecule has 2 heterocycles. The Bertz CT molecular complexity index is 1430. The zero-order valence-electron chi connectivity index (χ0n) is 20.9. The van der Waals surface area contributed by atoms with Gasteiger partial charge in [0, 0.05) is 18.3 Å². The number of carbonyl (C=O) groups is 1. The molecule has 6 atom stereocenters. The lowest BCUT2D eigenvalue weighted by atomic mass is 9.95. The normalized spacial score (nSPS) is 25.1. The fourth-order valence-corrected chi connectivity index (χ4v) is 6.09. The molecule has 0 amide bonds. The first-order valence-electron chi connectivity index (χ1n) is 11.4. The Kier molecular flexibility index (Phi) is 9.74. The molecule has 1 aromatic carbocycles. The molecular formula is C23H26ClFN3O9PS. The number of aromatic amines is 1. The van der Waals surface area contributed by atoms with E-state index in [1.807, 2.05) is 10.9 Å². The van der Waals surface area contributed by atoms with Crippen molar-refractivity contribution in [3.8, 4) is 18.1 Å². The summed E-state index contributed by atoms with van der Waals surface area (Å²) in [7, 11) is 0. The van der Waals surface area contributed by atoms with E-state index in [2.05, 4.69) is 5.09 Å². The first-order chi connectivity index (χ1) is 18.2. The maximum Gasteiger partial charge on any atom is 0.330 e. The summed E-state index contributed by atoms with van der Waals surface area (Å²) >= 11 is 11.4. The van der Waals surface area contributed by atoms with Crippen molar-refractivity contribution in [1.82, 2.24) is 14.6 Å². The van der Waals surface area contributed by atoms with Gasteiger partial charge in [-0.25, -0.2) is 14.3 Å². The Balaban J connectivity index is 1.87. The molecule has 0 aliphatic carbocycles. The molecule has 2 aromatic rings. The Hall–Kier alpha value is -2.60. The summed E-state index contributed by atoms with van der Waals surface area (Å²) < 4.78 is 36.9. The van der Waals surface area contributed by atoms with Crippen molar-refractivity contribution < 1.29 is 37.9 Å². The number of rotatable bonds is 10. The molecule has 212 valence electrons. The molecule has 0 radical (unpaired) electrons. The summed E-state index contributed by atoms with van der Waals surface area (Å²) in [4.78, 5) is 38.1. The van der Waals surface area contributed by atoms with Gasteiger partial charge in [0.25, 0.3) is 5.56 Å². The average Bonchev–Trinajstić information content (AvgIpc) is 3.10. The van der Waals surface area contributed by atoms with Gasteiger partial charge in [0.05, 0.1) is 17.7 Å². The second-order valence-corrected chi connectivity index (χ2v) is 12.3. The number of aliphatic hydroxyl groups is 2. The molecular weight excluding hydrogens is 580 g/mol. The van der Waals surface area contributed by atoms with Gasteiger partial charge in [-0.1, -0.05) is 17.5 Å². The number of aliphatic hydroxyl groups excluding tert-OH is 1. The van der Waals surface area contributed by atoms with Gasteiger partial charge >= 0.3 is 18.3 Å². The van der Waals surface area contributed by atoms with E-state index in [9.17, 15) is 29.0 Å². The number of ether oxygens (including phenoxy) is 2. The van der Waals surface area contributed by atoms with Crippen molar-refractivity contribution in [2.24, 2.45) is 0 Å². The first-order valence-corrected chi connectivity index (χ1v) is 14.4. The Labute approximate surface area is 232 Å². The van der Waals surface area contributed by atoms with Crippen LogP contribution in [0.15, 0.2) is 40.1 Å². The van der Waals surface area contributed by atoms with Crippen LogP contribution < -0.4 is 20.9 Å². The number of esters is 1. The Morgan fingerprint density at radius 2 is 2.10 bits per heavy atom.